The first-order valence-electron chi connectivity index (χ1n) is 7.53. The van der Waals surface area contributed by atoms with Crippen molar-refractivity contribution >= 4 is 50.8 Å². The number of amides is 2. The molecule has 0 saturated carbocycles. The lowest BCUT2D eigenvalue weighted by Crippen LogP contribution is -2.34. The fraction of sp³-hybridized carbons (Fsp3) is 0.167. The second-order valence-corrected chi connectivity index (χ2v) is 6.81. The highest BCUT2D eigenvalue weighted by molar-refractivity contribution is 9.10. The Labute approximate surface area is 160 Å². The van der Waals surface area contributed by atoms with E-state index in [-0.39, 0.29) is 16.9 Å². The van der Waals surface area contributed by atoms with E-state index in [1.165, 1.54) is 0 Å². The molecule has 2 aromatic rings. The van der Waals surface area contributed by atoms with Crippen LogP contribution in [0.3, 0.4) is 0 Å². The van der Waals surface area contributed by atoms with Crippen LogP contribution in [0.4, 0.5) is 5.69 Å². The van der Waals surface area contributed by atoms with Crippen LogP contribution < -0.4 is 10.6 Å². The van der Waals surface area contributed by atoms with E-state index in [0.29, 0.717) is 16.5 Å². The van der Waals surface area contributed by atoms with Crippen LogP contribution in [0.15, 0.2) is 53.0 Å². The van der Waals surface area contributed by atoms with Gasteiger partial charge in [-0.15, -0.1) is 0 Å². The quantitative estimate of drug-likeness (QED) is 0.746. The highest BCUT2D eigenvalue weighted by Gasteiger charge is 2.11. The van der Waals surface area contributed by atoms with Gasteiger partial charge < -0.3 is 10.2 Å². The lowest BCUT2D eigenvalue weighted by atomic mass is 10.1. The van der Waals surface area contributed by atoms with Crippen molar-refractivity contribution in [2.45, 2.75) is 6.42 Å². The van der Waals surface area contributed by atoms with Crippen molar-refractivity contribution in [3.63, 3.8) is 0 Å². The molecule has 0 fully saturated rings. The van der Waals surface area contributed by atoms with Gasteiger partial charge in [0, 0.05) is 24.3 Å². The van der Waals surface area contributed by atoms with Gasteiger partial charge in [0.05, 0.1) is 12.0 Å². The molecule has 25 heavy (non-hydrogen) atoms. The van der Waals surface area contributed by atoms with Gasteiger partial charge in [-0.05, 0) is 58.0 Å². The number of nitrogens with zero attached hydrogens (tertiary/aromatic N) is 1. The number of nitrogens with one attached hydrogen (secondary N) is 2. The topological polar surface area (TPSA) is 61.4 Å². The van der Waals surface area contributed by atoms with Gasteiger partial charge in [0.15, 0.2) is 5.11 Å². The van der Waals surface area contributed by atoms with Crippen molar-refractivity contribution < 1.29 is 9.59 Å². The molecule has 5 nitrogen and oxygen atoms in total. The molecule has 0 aliphatic rings. The maximum Gasteiger partial charge on any atom is 0.258 e. The standard InChI is InChI=1S/C18H18BrN3O2S/c1-22(2)16(23)11-12-7-9-13(10-8-12)20-18(25)21-17(24)14-5-3-4-6-15(14)19/h3-10H,11H2,1-2H3,(H2,20,21,24,25). The first-order valence-corrected chi connectivity index (χ1v) is 8.73. The normalized spacial score (nSPS) is 10.0. The summed E-state index contributed by atoms with van der Waals surface area (Å²) < 4.78 is 0.699. The molecular formula is C18H18BrN3O2S. The van der Waals surface area contributed by atoms with Gasteiger partial charge >= 0.3 is 0 Å². The molecule has 2 N–H and O–H groups in total. The number of benzene rings is 2. The second-order valence-electron chi connectivity index (χ2n) is 5.55. The van der Waals surface area contributed by atoms with E-state index in [1.54, 1.807) is 37.2 Å². The third-order valence-corrected chi connectivity index (χ3v) is 4.31. The zero-order chi connectivity index (χ0) is 18.4. The summed E-state index contributed by atoms with van der Waals surface area (Å²) in [6, 6.07) is 14.4. The Kier molecular flexibility index (Phi) is 6.66. The molecule has 2 rings (SSSR count). The molecule has 0 aliphatic carbocycles. The Morgan fingerprint density at radius 1 is 1.08 bits per heavy atom. The van der Waals surface area contributed by atoms with Crippen LogP contribution in [0, 0.1) is 0 Å². The molecular weight excluding hydrogens is 402 g/mol. The first-order chi connectivity index (χ1) is 11.9. The van der Waals surface area contributed by atoms with Crippen LogP contribution >= 0.6 is 28.1 Å². The SMILES string of the molecule is CN(C)C(=O)Cc1ccc(NC(=S)NC(=O)c2ccccc2Br)cc1. The smallest absolute Gasteiger partial charge is 0.258 e. The van der Waals surface area contributed by atoms with Crippen LogP contribution in [0.25, 0.3) is 0 Å². The van der Waals surface area contributed by atoms with E-state index in [2.05, 4.69) is 26.6 Å². The lowest BCUT2D eigenvalue weighted by Gasteiger charge is -2.12. The summed E-state index contributed by atoms with van der Waals surface area (Å²) >= 11 is 8.51. The molecule has 2 aromatic carbocycles. The molecule has 0 bridgehead atoms. The highest BCUT2D eigenvalue weighted by atomic mass is 79.9. The van der Waals surface area contributed by atoms with Crippen molar-refractivity contribution in [1.82, 2.24) is 10.2 Å². The van der Waals surface area contributed by atoms with Gasteiger partial charge in [0.2, 0.25) is 5.91 Å². The fourth-order valence-electron chi connectivity index (χ4n) is 2.02. The van der Waals surface area contributed by atoms with Crippen molar-refractivity contribution in [2.75, 3.05) is 19.4 Å². The number of halogens is 1. The zero-order valence-electron chi connectivity index (χ0n) is 13.9. The van der Waals surface area contributed by atoms with E-state index in [4.69, 9.17) is 12.2 Å². The lowest BCUT2D eigenvalue weighted by molar-refractivity contribution is -0.127. The van der Waals surface area contributed by atoms with Crippen LogP contribution in [-0.2, 0) is 11.2 Å². The number of carbonyl (C=O) groups excluding carboxylic acids is 2. The van der Waals surface area contributed by atoms with Gasteiger partial charge in [-0.3, -0.25) is 14.9 Å². The molecule has 2 amide bonds. The fourth-order valence-corrected chi connectivity index (χ4v) is 2.69. The summed E-state index contributed by atoms with van der Waals surface area (Å²) in [6.45, 7) is 0. The van der Waals surface area contributed by atoms with Crippen molar-refractivity contribution in [1.29, 1.82) is 0 Å². The van der Waals surface area contributed by atoms with E-state index < -0.39 is 0 Å². The number of carbonyl (C=O) groups is 2. The Hall–Kier alpha value is -2.25. The molecule has 7 heteroatoms. The van der Waals surface area contributed by atoms with Gasteiger partial charge in [-0.2, -0.15) is 0 Å². The number of likely N-dealkylation sites (N-methyl/N-ethyl adjacent to an activating group) is 1. The largest absolute Gasteiger partial charge is 0.349 e. The van der Waals surface area contributed by atoms with Crippen LogP contribution in [0.1, 0.15) is 15.9 Å². The molecule has 0 aliphatic heterocycles. The predicted molar refractivity (Wildman–Crippen MR) is 107 cm³/mol. The monoisotopic (exact) mass is 419 g/mol. The third kappa shape index (κ3) is 5.65. The van der Waals surface area contributed by atoms with Crippen molar-refractivity contribution in [3.8, 4) is 0 Å². The van der Waals surface area contributed by atoms with E-state index >= 15 is 0 Å². The van der Waals surface area contributed by atoms with Crippen molar-refractivity contribution in [2.24, 2.45) is 0 Å². The summed E-state index contributed by atoms with van der Waals surface area (Å²) in [7, 11) is 3.45. The second kappa shape index (κ2) is 8.73. The summed E-state index contributed by atoms with van der Waals surface area (Å²) in [4.78, 5) is 25.4. The van der Waals surface area contributed by atoms with E-state index in [0.717, 1.165) is 11.3 Å². The molecule has 0 saturated heterocycles. The Morgan fingerprint density at radius 2 is 1.72 bits per heavy atom. The van der Waals surface area contributed by atoms with Crippen LogP contribution in [0.2, 0.25) is 0 Å². The van der Waals surface area contributed by atoms with Crippen molar-refractivity contribution in [3.05, 3.63) is 64.1 Å². The Morgan fingerprint density at radius 3 is 2.32 bits per heavy atom. The average molecular weight is 420 g/mol. The molecule has 0 spiro atoms. The van der Waals surface area contributed by atoms with Gasteiger partial charge in [-0.1, -0.05) is 24.3 Å². The summed E-state index contributed by atoms with van der Waals surface area (Å²) in [5.41, 5.74) is 2.15. The van der Waals surface area contributed by atoms with E-state index in [9.17, 15) is 9.59 Å². The zero-order valence-corrected chi connectivity index (χ0v) is 16.3. The Bertz CT molecular complexity index is 791. The minimum Gasteiger partial charge on any atom is -0.349 e. The predicted octanol–water partition coefficient (Wildman–Crippen LogP) is 3.21. The minimum atomic E-state index is -0.293. The average Bonchev–Trinajstić information content (AvgIpc) is 2.56. The molecule has 130 valence electrons. The summed E-state index contributed by atoms with van der Waals surface area (Å²) in [5, 5.41) is 5.80. The number of anilines is 1. The summed E-state index contributed by atoms with van der Waals surface area (Å²) in [6.07, 6.45) is 0.344. The highest BCUT2D eigenvalue weighted by Crippen LogP contribution is 2.16. The number of hydrogen-bond acceptors (Lipinski definition) is 3. The van der Waals surface area contributed by atoms with E-state index in [1.807, 2.05) is 30.3 Å². The Balaban J connectivity index is 1.93. The molecule has 0 aromatic heterocycles. The minimum absolute atomic E-state index is 0.0388. The van der Waals surface area contributed by atoms with Gasteiger partial charge in [0.25, 0.3) is 5.91 Å². The number of rotatable bonds is 4. The number of thiocarbonyl (C=S) groups is 1. The molecule has 0 unspecified atom stereocenters. The maximum absolute atomic E-state index is 12.2. The first kappa shape index (κ1) is 19.1. The molecule has 0 radical (unpaired) electrons. The third-order valence-electron chi connectivity index (χ3n) is 3.41. The molecule has 0 heterocycles. The van der Waals surface area contributed by atoms with Gasteiger partial charge in [0.1, 0.15) is 0 Å². The number of hydrogen-bond donors (Lipinski definition) is 2. The summed E-state index contributed by atoms with van der Waals surface area (Å²) in [5.74, 6) is -0.255. The van der Waals surface area contributed by atoms with Crippen LogP contribution in [0.5, 0.6) is 0 Å². The maximum atomic E-state index is 12.2. The van der Waals surface area contributed by atoms with Gasteiger partial charge in [-0.25, -0.2) is 0 Å². The van der Waals surface area contributed by atoms with Crippen LogP contribution in [-0.4, -0.2) is 35.9 Å². The molecule has 0 atom stereocenters.